The highest BCUT2D eigenvalue weighted by molar-refractivity contribution is 5.75. The molecule has 6 rings (SSSR count). The predicted molar refractivity (Wildman–Crippen MR) is 142 cm³/mol. The van der Waals surface area contributed by atoms with Crippen molar-refractivity contribution in [2.45, 2.75) is 63.5 Å². The van der Waals surface area contributed by atoms with Crippen LogP contribution in [0.1, 0.15) is 62.5 Å². The van der Waals surface area contributed by atoms with Crippen molar-refractivity contribution in [1.29, 1.82) is 0 Å². The van der Waals surface area contributed by atoms with E-state index in [0.29, 0.717) is 29.5 Å². The Labute approximate surface area is 217 Å². The Morgan fingerprint density at radius 1 is 1.05 bits per heavy atom. The minimum Gasteiger partial charge on any atom is -0.493 e. The normalized spacial score (nSPS) is 21.0. The zero-order valence-corrected chi connectivity index (χ0v) is 22.0. The smallest absolute Gasteiger partial charge is 0.197 e. The minimum atomic E-state index is 0.247. The molecule has 0 aromatic carbocycles. The fourth-order valence-electron chi connectivity index (χ4n) is 5.99. The van der Waals surface area contributed by atoms with Crippen LogP contribution in [0.15, 0.2) is 36.9 Å². The molecule has 37 heavy (non-hydrogen) atoms. The third kappa shape index (κ3) is 4.40. The van der Waals surface area contributed by atoms with Gasteiger partial charge in [-0.05, 0) is 55.2 Å². The molecular formula is C28H35N7O2. The van der Waals surface area contributed by atoms with Gasteiger partial charge in [0.2, 0.25) is 0 Å². The van der Waals surface area contributed by atoms with E-state index in [-0.39, 0.29) is 5.92 Å². The van der Waals surface area contributed by atoms with Crippen molar-refractivity contribution in [3.63, 3.8) is 0 Å². The molecule has 1 saturated carbocycles. The zero-order valence-electron chi connectivity index (χ0n) is 22.0. The molecule has 1 aliphatic carbocycles. The Hall–Kier alpha value is -3.30. The Balaban J connectivity index is 1.22. The Morgan fingerprint density at radius 2 is 1.86 bits per heavy atom. The number of H-pyrrole nitrogens is 1. The van der Waals surface area contributed by atoms with Crippen LogP contribution in [0.3, 0.4) is 0 Å². The number of hydrogen-bond acceptors (Lipinski definition) is 7. The highest BCUT2D eigenvalue weighted by atomic mass is 16.5. The van der Waals surface area contributed by atoms with Gasteiger partial charge in [0.05, 0.1) is 30.3 Å². The molecular weight excluding hydrogens is 466 g/mol. The van der Waals surface area contributed by atoms with Gasteiger partial charge < -0.3 is 9.47 Å². The average molecular weight is 502 g/mol. The third-order valence-corrected chi connectivity index (χ3v) is 8.15. The Morgan fingerprint density at radius 3 is 2.54 bits per heavy atom. The van der Waals surface area contributed by atoms with Crippen LogP contribution in [-0.4, -0.2) is 74.1 Å². The van der Waals surface area contributed by atoms with Gasteiger partial charge in [0, 0.05) is 49.8 Å². The molecule has 0 amide bonds. The SMILES string of the molecule is COc1cc(-c2n[nH]c(-c3ccc(C4CCC(N5CC(OC)C5)CC4)cn3)c2C(C)C)cn2ncnc12. The number of likely N-dealkylation sites (tertiary alicyclic amines) is 1. The van der Waals surface area contributed by atoms with E-state index in [1.165, 1.54) is 37.6 Å². The molecule has 4 aromatic heterocycles. The number of ether oxygens (including phenoxy) is 2. The minimum absolute atomic E-state index is 0.247. The monoisotopic (exact) mass is 501 g/mol. The average Bonchev–Trinajstić information content (AvgIpc) is 3.56. The summed E-state index contributed by atoms with van der Waals surface area (Å²) in [6, 6.07) is 7.08. The summed E-state index contributed by atoms with van der Waals surface area (Å²) in [5, 5.41) is 12.3. The maximum Gasteiger partial charge on any atom is 0.197 e. The van der Waals surface area contributed by atoms with Crippen molar-refractivity contribution in [2.24, 2.45) is 0 Å². The highest BCUT2D eigenvalue weighted by Gasteiger charge is 2.34. The van der Waals surface area contributed by atoms with E-state index < -0.39 is 0 Å². The molecule has 194 valence electrons. The molecule has 9 heteroatoms. The van der Waals surface area contributed by atoms with Gasteiger partial charge >= 0.3 is 0 Å². The summed E-state index contributed by atoms with van der Waals surface area (Å²) >= 11 is 0. The third-order valence-electron chi connectivity index (χ3n) is 8.15. The summed E-state index contributed by atoms with van der Waals surface area (Å²) in [6.07, 6.45) is 10.9. The number of fused-ring (bicyclic) bond motifs is 1. The number of aromatic amines is 1. The second-order valence-electron chi connectivity index (χ2n) is 10.6. The first kappa shape index (κ1) is 24.1. The summed E-state index contributed by atoms with van der Waals surface area (Å²) in [4.78, 5) is 11.8. The summed E-state index contributed by atoms with van der Waals surface area (Å²) in [6.45, 7) is 6.55. The van der Waals surface area contributed by atoms with Crippen molar-refractivity contribution in [2.75, 3.05) is 27.3 Å². The maximum atomic E-state index is 5.57. The van der Waals surface area contributed by atoms with Crippen molar-refractivity contribution in [3.05, 3.63) is 48.0 Å². The fraction of sp³-hybridized carbons (Fsp3) is 0.500. The lowest BCUT2D eigenvalue weighted by Crippen LogP contribution is -2.56. The Bertz CT molecular complexity index is 1360. The molecule has 0 atom stereocenters. The number of methoxy groups -OCH3 is 2. The van der Waals surface area contributed by atoms with E-state index >= 15 is 0 Å². The second kappa shape index (κ2) is 9.87. The van der Waals surface area contributed by atoms with Crippen molar-refractivity contribution in [1.82, 2.24) is 34.7 Å². The van der Waals surface area contributed by atoms with Crippen LogP contribution in [0, 0.1) is 0 Å². The lowest BCUT2D eigenvalue weighted by atomic mass is 9.81. The van der Waals surface area contributed by atoms with Gasteiger partial charge in [-0.15, -0.1) is 0 Å². The molecule has 2 aliphatic rings. The van der Waals surface area contributed by atoms with Gasteiger partial charge in [-0.25, -0.2) is 9.50 Å². The molecule has 1 N–H and O–H groups in total. The van der Waals surface area contributed by atoms with Gasteiger partial charge in [0.15, 0.2) is 11.4 Å². The number of rotatable bonds is 7. The summed E-state index contributed by atoms with van der Waals surface area (Å²) in [5.74, 6) is 1.50. The van der Waals surface area contributed by atoms with E-state index in [1.807, 2.05) is 19.4 Å². The number of aromatic nitrogens is 6. The topological polar surface area (TPSA) is 93.5 Å². The molecule has 1 saturated heterocycles. The van der Waals surface area contributed by atoms with Gasteiger partial charge in [-0.2, -0.15) is 10.2 Å². The molecule has 0 spiro atoms. The summed E-state index contributed by atoms with van der Waals surface area (Å²) < 4.78 is 12.7. The van der Waals surface area contributed by atoms with E-state index in [0.717, 1.165) is 41.3 Å². The molecule has 0 radical (unpaired) electrons. The van der Waals surface area contributed by atoms with Crippen LogP contribution in [0.2, 0.25) is 0 Å². The van der Waals surface area contributed by atoms with Crippen LogP contribution in [0.25, 0.3) is 28.3 Å². The standard InChI is InChI=1S/C28H35N7O2/c1-17(2)25-26(20-11-24(37-4)28-30-16-31-35(28)13-20)32-33-27(25)23-10-7-19(12-29-23)18-5-8-21(9-6-18)34-14-22(15-34)36-3/h7,10-13,16-18,21-22H,5-6,8-9,14-15H2,1-4H3,(H,32,33). The molecule has 4 aromatic rings. The predicted octanol–water partition coefficient (Wildman–Crippen LogP) is 4.67. The molecule has 2 fully saturated rings. The maximum absolute atomic E-state index is 5.57. The lowest BCUT2D eigenvalue weighted by molar-refractivity contribution is -0.0579. The number of nitrogens with one attached hydrogen (secondary N) is 1. The first-order valence-corrected chi connectivity index (χ1v) is 13.2. The van der Waals surface area contributed by atoms with Gasteiger partial charge in [0.1, 0.15) is 6.33 Å². The number of hydrogen-bond donors (Lipinski definition) is 1. The van der Waals surface area contributed by atoms with Gasteiger partial charge in [-0.3, -0.25) is 15.0 Å². The first-order chi connectivity index (χ1) is 18.1. The van der Waals surface area contributed by atoms with Crippen molar-refractivity contribution in [3.8, 4) is 28.4 Å². The summed E-state index contributed by atoms with van der Waals surface area (Å²) in [7, 11) is 3.46. The van der Waals surface area contributed by atoms with Crippen molar-refractivity contribution >= 4 is 5.65 Å². The van der Waals surface area contributed by atoms with Crippen LogP contribution < -0.4 is 4.74 Å². The molecule has 0 bridgehead atoms. The van der Waals surface area contributed by atoms with Gasteiger partial charge in [0.25, 0.3) is 0 Å². The molecule has 0 unspecified atom stereocenters. The molecule has 1 aliphatic heterocycles. The lowest BCUT2D eigenvalue weighted by Gasteiger charge is -2.46. The fourth-order valence-corrected chi connectivity index (χ4v) is 5.99. The second-order valence-corrected chi connectivity index (χ2v) is 10.6. The van der Waals surface area contributed by atoms with Crippen molar-refractivity contribution < 1.29 is 9.47 Å². The van der Waals surface area contributed by atoms with Crippen LogP contribution in [-0.2, 0) is 4.74 Å². The molecule has 5 heterocycles. The van der Waals surface area contributed by atoms with E-state index in [9.17, 15) is 0 Å². The molecule has 9 nitrogen and oxygen atoms in total. The Kier molecular flexibility index (Phi) is 6.42. The van der Waals surface area contributed by atoms with Gasteiger partial charge in [-0.1, -0.05) is 19.9 Å². The van der Waals surface area contributed by atoms with E-state index in [4.69, 9.17) is 19.6 Å². The number of nitrogens with zero attached hydrogens (tertiary/aromatic N) is 6. The largest absolute Gasteiger partial charge is 0.493 e. The number of pyridine rings is 2. The highest BCUT2D eigenvalue weighted by Crippen LogP contribution is 2.39. The summed E-state index contributed by atoms with van der Waals surface area (Å²) in [5.41, 5.74) is 6.84. The van der Waals surface area contributed by atoms with Crippen LogP contribution >= 0.6 is 0 Å². The van der Waals surface area contributed by atoms with Crippen LogP contribution in [0.5, 0.6) is 5.75 Å². The quantitative estimate of drug-likeness (QED) is 0.393. The zero-order chi connectivity index (χ0) is 25.5. The van der Waals surface area contributed by atoms with E-state index in [2.05, 4.69) is 52.3 Å². The first-order valence-electron chi connectivity index (χ1n) is 13.2. The van der Waals surface area contributed by atoms with E-state index in [1.54, 1.807) is 11.6 Å². The van der Waals surface area contributed by atoms with Crippen LogP contribution in [0.4, 0.5) is 0 Å².